The average Bonchev–Trinajstić information content (AvgIpc) is 2.54. The summed E-state index contributed by atoms with van der Waals surface area (Å²) in [6.07, 6.45) is 0.953. The molecule has 5 nitrogen and oxygen atoms in total. The first-order valence-corrected chi connectivity index (χ1v) is 8.18. The Balaban J connectivity index is 1.84. The highest BCUT2D eigenvalue weighted by molar-refractivity contribution is 5.80. The number of hydrogen-bond donors (Lipinski definition) is 0. The fraction of sp³-hybridized carbons (Fsp3) is 0.556. The second-order valence-electron chi connectivity index (χ2n) is 6.39. The number of ether oxygens (including phenoxy) is 1. The molecular weight excluding hydrogens is 292 g/mol. The van der Waals surface area contributed by atoms with Crippen molar-refractivity contribution in [1.82, 2.24) is 9.80 Å². The molecule has 0 bridgehead atoms. The maximum absolute atomic E-state index is 12.4. The van der Waals surface area contributed by atoms with Gasteiger partial charge in [-0.3, -0.25) is 9.59 Å². The molecule has 126 valence electrons. The van der Waals surface area contributed by atoms with Crippen LogP contribution >= 0.6 is 0 Å². The zero-order valence-electron chi connectivity index (χ0n) is 14.2. The van der Waals surface area contributed by atoms with Crippen molar-refractivity contribution in [1.29, 1.82) is 0 Å². The van der Waals surface area contributed by atoms with Crippen LogP contribution in [0.4, 0.5) is 0 Å². The van der Waals surface area contributed by atoms with Gasteiger partial charge in [0.15, 0.2) is 0 Å². The van der Waals surface area contributed by atoms with Crippen LogP contribution in [0.2, 0.25) is 0 Å². The number of carbonyl (C=O) groups is 2. The third kappa shape index (κ3) is 4.98. The Bertz CT molecular complexity index is 549. The smallest absolute Gasteiger partial charge is 0.227 e. The molecule has 5 heteroatoms. The first-order chi connectivity index (χ1) is 11.0. The summed E-state index contributed by atoms with van der Waals surface area (Å²) in [4.78, 5) is 28.2. The molecule has 1 aromatic rings. The second-order valence-corrected chi connectivity index (χ2v) is 6.39. The monoisotopic (exact) mass is 318 g/mol. The number of carbonyl (C=O) groups excluding carboxylic acids is 2. The number of benzene rings is 1. The number of methoxy groups -OCH3 is 1. The maximum Gasteiger partial charge on any atom is 0.227 e. The summed E-state index contributed by atoms with van der Waals surface area (Å²) in [5.41, 5.74) is 0.952. The Morgan fingerprint density at radius 2 is 1.70 bits per heavy atom. The van der Waals surface area contributed by atoms with E-state index < -0.39 is 0 Å². The fourth-order valence-electron chi connectivity index (χ4n) is 2.75. The van der Waals surface area contributed by atoms with Crippen molar-refractivity contribution >= 4 is 11.8 Å². The zero-order valence-corrected chi connectivity index (χ0v) is 14.2. The normalized spacial score (nSPS) is 15.0. The molecule has 0 aliphatic carbocycles. The van der Waals surface area contributed by atoms with Gasteiger partial charge in [-0.2, -0.15) is 0 Å². The predicted octanol–water partition coefficient (Wildman–Crippen LogP) is 1.95. The molecule has 1 aliphatic heterocycles. The Morgan fingerprint density at radius 1 is 1.09 bits per heavy atom. The van der Waals surface area contributed by atoms with E-state index in [1.807, 2.05) is 47.9 Å². The Kier molecular flexibility index (Phi) is 6.02. The molecule has 23 heavy (non-hydrogen) atoms. The van der Waals surface area contributed by atoms with E-state index in [1.54, 1.807) is 7.11 Å². The van der Waals surface area contributed by atoms with Crippen LogP contribution in [0.3, 0.4) is 0 Å². The fourth-order valence-corrected chi connectivity index (χ4v) is 2.75. The molecule has 1 aliphatic rings. The average molecular weight is 318 g/mol. The highest BCUT2D eigenvalue weighted by atomic mass is 16.5. The highest BCUT2D eigenvalue weighted by Crippen LogP contribution is 2.15. The van der Waals surface area contributed by atoms with Gasteiger partial charge in [0.05, 0.1) is 13.5 Å². The summed E-state index contributed by atoms with van der Waals surface area (Å²) in [5, 5.41) is 0. The van der Waals surface area contributed by atoms with Crippen LogP contribution in [-0.4, -0.2) is 54.9 Å². The largest absolute Gasteiger partial charge is 0.497 e. The molecule has 2 amide bonds. The number of amides is 2. The van der Waals surface area contributed by atoms with Gasteiger partial charge in [-0.25, -0.2) is 0 Å². The lowest BCUT2D eigenvalue weighted by atomic mass is 10.1. The van der Waals surface area contributed by atoms with Gasteiger partial charge < -0.3 is 14.5 Å². The van der Waals surface area contributed by atoms with E-state index in [2.05, 4.69) is 0 Å². The summed E-state index contributed by atoms with van der Waals surface area (Å²) in [5.74, 6) is 1.43. The quantitative estimate of drug-likeness (QED) is 0.834. The SMILES string of the molecule is COc1cccc(CC(=O)N2CCN(C(=O)CC(C)C)CC2)c1. The van der Waals surface area contributed by atoms with E-state index in [0.717, 1.165) is 11.3 Å². The lowest BCUT2D eigenvalue weighted by Crippen LogP contribution is -2.51. The van der Waals surface area contributed by atoms with Crippen molar-refractivity contribution < 1.29 is 14.3 Å². The molecule has 0 aromatic heterocycles. The van der Waals surface area contributed by atoms with Crippen molar-refractivity contribution in [2.75, 3.05) is 33.3 Å². The molecule has 0 radical (unpaired) electrons. The van der Waals surface area contributed by atoms with E-state index >= 15 is 0 Å². The first-order valence-electron chi connectivity index (χ1n) is 8.18. The number of nitrogens with zero attached hydrogens (tertiary/aromatic N) is 2. The van der Waals surface area contributed by atoms with Crippen molar-refractivity contribution in [2.24, 2.45) is 5.92 Å². The third-order valence-corrected chi connectivity index (χ3v) is 4.06. The van der Waals surface area contributed by atoms with Gasteiger partial charge in [0.1, 0.15) is 5.75 Å². The van der Waals surface area contributed by atoms with Gasteiger partial charge in [0.2, 0.25) is 11.8 Å². The number of piperazine rings is 1. The summed E-state index contributed by atoms with van der Waals surface area (Å²) < 4.78 is 5.18. The standard InChI is InChI=1S/C18H26N2O3/c1-14(2)11-17(21)19-7-9-20(10-8-19)18(22)13-15-5-4-6-16(12-15)23-3/h4-6,12,14H,7-11,13H2,1-3H3. The van der Waals surface area contributed by atoms with Gasteiger partial charge in [-0.15, -0.1) is 0 Å². The van der Waals surface area contributed by atoms with Crippen LogP contribution in [0.1, 0.15) is 25.8 Å². The Labute approximate surface area is 138 Å². The minimum atomic E-state index is 0.106. The molecule has 0 spiro atoms. The molecule has 0 saturated carbocycles. The molecule has 1 aromatic carbocycles. The third-order valence-electron chi connectivity index (χ3n) is 4.06. The minimum absolute atomic E-state index is 0.106. The topological polar surface area (TPSA) is 49.9 Å². The lowest BCUT2D eigenvalue weighted by Gasteiger charge is -2.35. The first kappa shape index (κ1) is 17.3. The molecule has 0 atom stereocenters. The molecule has 1 saturated heterocycles. The van der Waals surface area contributed by atoms with E-state index in [-0.39, 0.29) is 11.8 Å². The predicted molar refractivity (Wildman–Crippen MR) is 89.3 cm³/mol. The van der Waals surface area contributed by atoms with Gasteiger partial charge in [-0.05, 0) is 23.6 Å². The van der Waals surface area contributed by atoms with E-state index in [9.17, 15) is 9.59 Å². The number of hydrogen-bond acceptors (Lipinski definition) is 3. The summed E-state index contributed by atoms with van der Waals surface area (Å²) in [6, 6.07) is 7.58. The molecule has 1 fully saturated rings. The van der Waals surface area contributed by atoms with Crippen LogP contribution in [0.15, 0.2) is 24.3 Å². The molecule has 0 unspecified atom stereocenters. The molecule has 2 rings (SSSR count). The highest BCUT2D eigenvalue weighted by Gasteiger charge is 2.24. The summed E-state index contributed by atoms with van der Waals surface area (Å²) >= 11 is 0. The van der Waals surface area contributed by atoms with Crippen molar-refractivity contribution in [2.45, 2.75) is 26.7 Å². The molecule has 1 heterocycles. The van der Waals surface area contributed by atoms with Crippen LogP contribution in [0, 0.1) is 5.92 Å². The minimum Gasteiger partial charge on any atom is -0.497 e. The van der Waals surface area contributed by atoms with Crippen LogP contribution < -0.4 is 4.74 Å². The van der Waals surface area contributed by atoms with E-state index in [4.69, 9.17) is 4.74 Å². The summed E-state index contributed by atoms with van der Waals surface area (Å²) in [7, 11) is 1.62. The zero-order chi connectivity index (χ0) is 16.8. The number of rotatable bonds is 5. The molecule has 0 N–H and O–H groups in total. The summed E-state index contributed by atoms with van der Waals surface area (Å²) in [6.45, 7) is 6.60. The van der Waals surface area contributed by atoms with Crippen LogP contribution in [-0.2, 0) is 16.0 Å². The van der Waals surface area contributed by atoms with Crippen LogP contribution in [0.5, 0.6) is 5.75 Å². The lowest BCUT2D eigenvalue weighted by molar-refractivity contribution is -0.139. The molecular formula is C18H26N2O3. The van der Waals surface area contributed by atoms with E-state index in [0.29, 0.717) is 44.9 Å². The van der Waals surface area contributed by atoms with Crippen molar-refractivity contribution in [3.8, 4) is 5.75 Å². The Hall–Kier alpha value is -2.04. The van der Waals surface area contributed by atoms with Crippen molar-refractivity contribution in [3.63, 3.8) is 0 Å². The Morgan fingerprint density at radius 3 is 2.26 bits per heavy atom. The van der Waals surface area contributed by atoms with Gasteiger partial charge in [-0.1, -0.05) is 26.0 Å². The van der Waals surface area contributed by atoms with Gasteiger partial charge >= 0.3 is 0 Å². The second kappa shape index (κ2) is 7.99. The van der Waals surface area contributed by atoms with Crippen molar-refractivity contribution in [3.05, 3.63) is 29.8 Å². The van der Waals surface area contributed by atoms with E-state index in [1.165, 1.54) is 0 Å². The van der Waals surface area contributed by atoms with Crippen LogP contribution in [0.25, 0.3) is 0 Å². The van der Waals surface area contributed by atoms with Gasteiger partial charge in [0.25, 0.3) is 0 Å². The maximum atomic E-state index is 12.4. The van der Waals surface area contributed by atoms with Gasteiger partial charge in [0, 0.05) is 32.6 Å².